The van der Waals surface area contributed by atoms with Crippen LogP contribution in [0.4, 0.5) is 0 Å². The van der Waals surface area contributed by atoms with Crippen molar-refractivity contribution in [2.75, 3.05) is 12.9 Å². The molecule has 0 saturated heterocycles. The highest BCUT2D eigenvalue weighted by Crippen LogP contribution is 2.38. The third-order valence-corrected chi connectivity index (χ3v) is 7.87. The van der Waals surface area contributed by atoms with Crippen molar-refractivity contribution in [3.63, 3.8) is 0 Å². The van der Waals surface area contributed by atoms with E-state index in [0.29, 0.717) is 36.3 Å². The van der Waals surface area contributed by atoms with Crippen molar-refractivity contribution in [2.45, 2.75) is 39.4 Å². The predicted octanol–water partition coefficient (Wildman–Crippen LogP) is 5.08. The molecule has 10 heteroatoms. The molecule has 40 heavy (non-hydrogen) atoms. The number of aromatic nitrogens is 2. The summed E-state index contributed by atoms with van der Waals surface area (Å²) in [5, 5.41) is 9.10. The van der Waals surface area contributed by atoms with Gasteiger partial charge in [-0.3, -0.25) is 4.79 Å². The van der Waals surface area contributed by atoms with Gasteiger partial charge in [0.05, 0.1) is 19.3 Å². The van der Waals surface area contributed by atoms with Gasteiger partial charge in [-0.15, -0.1) is 0 Å². The molecule has 2 heterocycles. The summed E-state index contributed by atoms with van der Waals surface area (Å²) in [7, 11) is -3.45. The van der Waals surface area contributed by atoms with Crippen LogP contribution in [0.2, 0.25) is 0 Å². The lowest BCUT2D eigenvalue weighted by Gasteiger charge is -2.15. The number of imidazole rings is 1. The van der Waals surface area contributed by atoms with Crippen molar-refractivity contribution in [3.05, 3.63) is 95.1 Å². The van der Waals surface area contributed by atoms with E-state index in [1.54, 1.807) is 0 Å². The van der Waals surface area contributed by atoms with Crippen LogP contribution >= 0.6 is 0 Å². The third kappa shape index (κ3) is 5.96. The SMILES string of the molecule is Cc1cc(OCc2nccn2S(C)(=O)=O)cc(C)c1-c1cccc(COc2ccc3c(c2)OCC3CC(=O)O)c1. The summed E-state index contributed by atoms with van der Waals surface area (Å²) < 4.78 is 42.6. The average molecular weight is 563 g/mol. The number of carboxylic acids is 1. The molecule has 1 unspecified atom stereocenters. The number of aryl methyl sites for hydroxylation is 2. The van der Waals surface area contributed by atoms with E-state index in [1.165, 1.54) is 12.4 Å². The van der Waals surface area contributed by atoms with Gasteiger partial charge in [-0.2, -0.15) is 0 Å². The van der Waals surface area contributed by atoms with Crippen molar-refractivity contribution >= 4 is 16.0 Å². The zero-order valence-electron chi connectivity index (χ0n) is 22.5. The van der Waals surface area contributed by atoms with Crippen molar-refractivity contribution in [1.82, 2.24) is 8.96 Å². The Morgan fingerprint density at radius 1 is 1.05 bits per heavy atom. The van der Waals surface area contributed by atoms with Crippen LogP contribution in [0.25, 0.3) is 11.1 Å². The highest BCUT2D eigenvalue weighted by molar-refractivity contribution is 7.89. The minimum absolute atomic E-state index is 0.0269. The first-order valence-electron chi connectivity index (χ1n) is 12.8. The molecule has 1 N–H and O–H groups in total. The van der Waals surface area contributed by atoms with E-state index in [-0.39, 0.29) is 18.9 Å². The van der Waals surface area contributed by atoms with Gasteiger partial charge in [0.25, 0.3) is 0 Å². The largest absolute Gasteiger partial charge is 0.492 e. The number of carboxylic acid groups (broad SMARTS) is 1. The Morgan fingerprint density at radius 3 is 2.52 bits per heavy atom. The van der Waals surface area contributed by atoms with Gasteiger partial charge in [-0.05, 0) is 65.9 Å². The second-order valence-electron chi connectivity index (χ2n) is 9.92. The van der Waals surface area contributed by atoms with Gasteiger partial charge >= 0.3 is 5.97 Å². The number of hydrogen-bond acceptors (Lipinski definition) is 7. The molecular formula is C30H30N2O7S. The summed E-state index contributed by atoms with van der Waals surface area (Å²) in [6, 6.07) is 17.5. The van der Waals surface area contributed by atoms with Gasteiger partial charge in [0.2, 0.25) is 10.0 Å². The Kier molecular flexibility index (Phi) is 7.53. The number of ether oxygens (including phenoxy) is 3. The summed E-state index contributed by atoms with van der Waals surface area (Å²) in [6.07, 6.45) is 4.01. The van der Waals surface area contributed by atoms with Crippen LogP contribution in [0.15, 0.2) is 67.0 Å². The van der Waals surface area contributed by atoms with Gasteiger partial charge in [0.1, 0.15) is 30.5 Å². The van der Waals surface area contributed by atoms with Crippen LogP contribution in [-0.4, -0.2) is 41.3 Å². The minimum atomic E-state index is -3.45. The van der Waals surface area contributed by atoms with Crippen LogP contribution in [0.1, 0.15) is 40.4 Å². The van der Waals surface area contributed by atoms with Crippen molar-refractivity contribution in [3.8, 4) is 28.4 Å². The molecule has 1 aromatic heterocycles. The quantitative estimate of drug-likeness (QED) is 0.284. The maximum absolute atomic E-state index is 11.9. The van der Waals surface area contributed by atoms with Gasteiger partial charge in [0, 0.05) is 29.9 Å². The fourth-order valence-corrected chi connectivity index (χ4v) is 5.80. The number of benzene rings is 3. The fourth-order valence-electron chi connectivity index (χ4n) is 5.05. The van der Waals surface area contributed by atoms with Crippen LogP contribution in [-0.2, 0) is 28.0 Å². The van der Waals surface area contributed by atoms with E-state index in [2.05, 4.69) is 11.1 Å². The molecule has 0 saturated carbocycles. The topological polar surface area (TPSA) is 117 Å². The summed E-state index contributed by atoms with van der Waals surface area (Å²) >= 11 is 0. The molecule has 4 aromatic rings. The molecule has 1 atom stereocenters. The first-order chi connectivity index (χ1) is 19.1. The fraction of sp³-hybridized carbons (Fsp3) is 0.267. The lowest BCUT2D eigenvalue weighted by molar-refractivity contribution is -0.137. The Balaban J connectivity index is 1.27. The number of carbonyl (C=O) groups is 1. The molecule has 0 fully saturated rings. The first-order valence-corrected chi connectivity index (χ1v) is 14.6. The zero-order chi connectivity index (χ0) is 28.4. The van der Waals surface area contributed by atoms with Crippen LogP contribution in [0.5, 0.6) is 17.2 Å². The Hall–Kier alpha value is -4.31. The van der Waals surface area contributed by atoms with Crippen molar-refractivity contribution in [1.29, 1.82) is 0 Å². The lowest BCUT2D eigenvalue weighted by atomic mass is 9.94. The maximum atomic E-state index is 11.9. The molecule has 0 spiro atoms. The normalized spacial score (nSPS) is 14.4. The van der Waals surface area contributed by atoms with E-state index < -0.39 is 16.0 Å². The smallest absolute Gasteiger partial charge is 0.304 e. The molecule has 0 radical (unpaired) electrons. The zero-order valence-corrected chi connectivity index (χ0v) is 23.3. The predicted molar refractivity (Wildman–Crippen MR) is 149 cm³/mol. The molecule has 1 aliphatic rings. The Labute approximate surface area is 233 Å². The monoisotopic (exact) mass is 562 g/mol. The van der Waals surface area contributed by atoms with Gasteiger partial charge in [-0.25, -0.2) is 17.4 Å². The van der Waals surface area contributed by atoms with Gasteiger partial charge in [-0.1, -0.05) is 24.3 Å². The molecule has 208 valence electrons. The highest BCUT2D eigenvalue weighted by Gasteiger charge is 2.26. The molecule has 0 aliphatic carbocycles. The van der Waals surface area contributed by atoms with Crippen LogP contribution in [0.3, 0.4) is 0 Å². The summed E-state index contributed by atoms with van der Waals surface area (Å²) in [5.41, 5.74) is 6.06. The highest BCUT2D eigenvalue weighted by atomic mass is 32.2. The first kappa shape index (κ1) is 27.3. The molecule has 0 amide bonds. The number of fused-ring (bicyclic) bond motifs is 1. The third-order valence-electron chi connectivity index (χ3n) is 6.82. The molecule has 1 aliphatic heterocycles. The van der Waals surface area contributed by atoms with E-state index >= 15 is 0 Å². The van der Waals surface area contributed by atoms with Crippen LogP contribution < -0.4 is 14.2 Å². The number of hydrogen-bond donors (Lipinski definition) is 1. The van der Waals surface area contributed by atoms with E-state index in [4.69, 9.17) is 19.3 Å². The van der Waals surface area contributed by atoms with E-state index in [1.807, 2.05) is 62.4 Å². The van der Waals surface area contributed by atoms with Crippen LogP contribution in [0, 0.1) is 13.8 Å². The second kappa shape index (κ2) is 11.1. The molecule has 5 rings (SSSR count). The second-order valence-corrected chi connectivity index (χ2v) is 11.8. The minimum Gasteiger partial charge on any atom is -0.492 e. The van der Waals surface area contributed by atoms with Gasteiger partial charge in [0.15, 0.2) is 5.82 Å². The number of nitrogens with zero attached hydrogens (tertiary/aromatic N) is 2. The maximum Gasteiger partial charge on any atom is 0.304 e. The molecule has 0 bridgehead atoms. The van der Waals surface area contributed by atoms with E-state index in [0.717, 1.165) is 43.6 Å². The Morgan fingerprint density at radius 2 is 1.80 bits per heavy atom. The standard InChI is InChI=1S/C30H30N2O7S/c1-19-11-25(38-18-28-31-9-10-32(28)40(3,35)36)12-20(2)30(19)22-6-4-5-21(13-22)16-37-24-7-8-26-23(14-29(33)34)17-39-27(26)15-24/h4-13,15,23H,14,16-18H2,1-3H3,(H,33,34). The summed E-state index contributed by atoms with van der Waals surface area (Å²) in [5.74, 6) is 1.29. The molecule has 3 aromatic carbocycles. The average Bonchev–Trinajstić information content (AvgIpc) is 3.53. The van der Waals surface area contributed by atoms with Crippen molar-refractivity contribution in [2.24, 2.45) is 0 Å². The van der Waals surface area contributed by atoms with Gasteiger partial charge < -0.3 is 19.3 Å². The summed E-state index contributed by atoms with van der Waals surface area (Å²) in [6.45, 7) is 4.77. The van der Waals surface area contributed by atoms with Crippen molar-refractivity contribution < 1.29 is 32.5 Å². The lowest BCUT2D eigenvalue weighted by Crippen LogP contribution is -2.14. The number of aliphatic carboxylic acids is 1. The number of rotatable bonds is 10. The molecular weight excluding hydrogens is 532 g/mol. The molecule has 9 nitrogen and oxygen atoms in total. The van der Waals surface area contributed by atoms with E-state index in [9.17, 15) is 13.2 Å². The summed E-state index contributed by atoms with van der Waals surface area (Å²) in [4.78, 5) is 15.2. The Bertz CT molecular complexity index is 1650.